The number of aliphatic hydroxyl groups excluding tert-OH is 1. The fourth-order valence-electron chi connectivity index (χ4n) is 2.15. The molecule has 1 aromatic rings. The number of hydrogen-bond donors (Lipinski definition) is 2. The SMILES string of the molecule is CNCC(O)c1ccccc1OC1CCCOC1. The van der Waals surface area contributed by atoms with Crippen LogP contribution in [0.25, 0.3) is 0 Å². The van der Waals surface area contributed by atoms with Crippen LogP contribution in [0.1, 0.15) is 24.5 Å². The van der Waals surface area contributed by atoms with Gasteiger partial charge in [0.05, 0.1) is 12.7 Å². The average molecular weight is 251 g/mol. The number of rotatable bonds is 5. The van der Waals surface area contributed by atoms with Crippen molar-refractivity contribution in [1.29, 1.82) is 0 Å². The maximum Gasteiger partial charge on any atom is 0.125 e. The molecule has 0 radical (unpaired) electrons. The number of nitrogens with one attached hydrogen (secondary N) is 1. The maximum atomic E-state index is 10.1. The third-order valence-corrected chi connectivity index (χ3v) is 3.09. The molecule has 100 valence electrons. The van der Waals surface area contributed by atoms with Gasteiger partial charge >= 0.3 is 0 Å². The summed E-state index contributed by atoms with van der Waals surface area (Å²) in [5.74, 6) is 0.760. The Hall–Kier alpha value is -1.10. The van der Waals surface area contributed by atoms with Crippen molar-refractivity contribution in [2.24, 2.45) is 0 Å². The summed E-state index contributed by atoms with van der Waals surface area (Å²) in [5, 5.41) is 13.0. The molecule has 0 aliphatic carbocycles. The molecule has 1 aromatic carbocycles. The summed E-state index contributed by atoms with van der Waals surface area (Å²) in [6.45, 7) is 1.97. The van der Waals surface area contributed by atoms with E-state index in [1.54, 1.807) is 0 Å². The second-order valence-corrected chi connectivity index (χ2v) is 4.57. The molecule has 0 saturated carbocycles. The topological polar surface area (TPSA) is 50.7 Å². The normalized spacial score (nSPS) is 21.6. The van der Waals surface area contributed by atoms with Crippen molar-refractivity contribution < 1.29 is 14.6 Å². The van der Waals surface area contributed by atoms with Crippen LogP contribution in [-0.2, 0) is 4.74 Å². The molecule has 0 amide bonds. The Kier molecular flexibility index (Phi) is 4.99. The van der Waals surface area contributed by atoms with E-state index >= 15 is 0 Å². The molecular weight excluding hydrogens is 230 g/mol. The molecule has 2 unspecified atom stereocenters. The first kappa shape index (κ1) is 13.3. The number of ether oxygens (including phenoxy) is 2. The van der Waals surface area contributed by atoms with Gasteiger partial charge in [0.15, 0.2) is 0 Å². The van der Waals surface area contributed by atoms with Gasteiger partial charge < -0.3 is 19.9 Å². The summed E-state index contributed by atoms with van der Waals surface area (Å²) < 4.78 is 11.3. The average Bonchev–Trinajstić information content (AvgIpc) is 2.41. The number of para-hydroxylation sites is 1. The molecule has 4 nitrogen and oxygen atoms in total. The lowest BCUT2D eigenvalue weighted by Crippen LogP contribution is -2.28. The number of benzene rings is 1. The van der Waals surface area contributed by atoms with E-state index in [1.165, 1.54) is 0 Å². The first-order chi connectivity index (χ1) is 8.81. The van der Waals surface area contributed by atoms with Crippen molar-refractivity contribution in [2.45, 2.75) is 25.0 Å². The van der Waals surface area contributed by atoms with E-state index in [0.717, 1.165) is 30.8 Å². The highest BCUT2D eigenvalue weighted by molar-refractivity contribution is 5.35. The van der Waals surface area contributed by atoms with Gasteiger partial charge in [0.2, 0.25) is 0 Å². The van der Waals surface area contributed by atoms with Crippen LogP contribution in [0.4, 0.5) is 0 Å². The van der Waals surface area contributed by atoms with Crippen LogP contribution in [0.15, 0.2) is 24.3 Å². The zero-order valence-corrected chi connectivity index (χ0v) is 10.8. The minimum atomic E-state index is -0.546. The lowest BCUT2D eigenvalue weighted by atomic mass is 10.1. The van der Waals surface area contributed by atoms with Gasteiger partial charge in [-0.2, -0.15) is 0 Å². The molecule has 0 bridgehead atoms. The van der Waals surface area contributed by atoms with Crippen molar-refractivity contribution in [3.8, 4) is 5.75 Å². The van der Waals surface area contributed by atoms with Gasteiger partial charge in [-0.25, -0.2) is 0 Å². The van der Waals surface area contributed by atoms with Crippen molar-refractivity contribution >= 4 is 0 Å². The lowest BCUT2D eigenvalue weighted by molar-refractivity contribution is 0.00599. The van der Waals surface area contributed by atoms with Crippen molar-refractivity contribution in [2.75, 3.05) is 26.8 Å². The maximum absolute atomic E-state index is 10.1. The highest BCUT2D eigenvalue weighted by Crippen LogP contribution is 2.27. The Balaban J connectivity index is 2.06. The van der Waals surface area contributed by atoms with Gasteiger partial charge in [-0.3, -0.25) is 0 Å². The second kappa shape index (κ2) is 6.73. The standard InChI is InChI=1S/C14H21NO3/c1-15-9-13(16)12-6-2-3-7-14(12)18-11-5-4-8-17-10-11/h2-3,6-7,11,13,15-16H,4-5,8-10H2,1H3. The second-order valence-electron chi connectivity index (χ2n) is 4.57. The number of hydrogen-bond acceptors (Lipinski definition) is 4. The fraction of sp³-hybridized carbons (Fsp3) is 0.571. The zero-order chi connectivity index (χ0) is 12.8. The lowest BCUT2D eigenvalue weighted by Gasteiger charge is -2.25. The minimum Gasteiger partial charge on any atom is -0.488 e. The van der Waals surface area contributed by atoms with E-state index in [4.69, 9.17) is 9.47 Å². The Morgan fingerprint density at radius 2 is 2.33 bits per heavy atom. The molecule has 0 aromatic heterocycles. The number of likely N-dealkylation sites (N-methyl/N-ethyl adjacent to an activating group) is 1. The monoisotopic (exact) mass is 251 g/mol. The van der Waals surface area contributed by atoms with E-state index < -0.39 is 6.10 Å². The molecular formula is C14H21NO3. The summed E-state index contributed by atoms with van der Waals surface area (Å²) in [4.78, 5) is 0. The van der Waals surface area contributed by atoms with Crippen LogP contribution >= 0.6 is 0 Å². The Morgan fingerprint density at radius 1 is 1.50 bits per heavy atom. The summed E-state index contributed by atoms with van der Waals surface area (Å²) in [5.41, 5.74) is 0.831. The molecule has 1 aliphatic rings. The zero-order valence-electron chi connectivity index (χ0n) is 10.8. The minimum absolute atomic E-state index is 0.0988. The predicted octanol–water partition coefficient (Wildman–Crippen LogP) is 1.50. The van der Waals surface area contributed by atoms with Gasteiger partial charge in [-0.15, -0.1) is 0 Å². The molecule has 0 spiro atoms. The first-order valence-corrected chi connectivity index (χ1v) is 6.47. The predicted molar refractivity (Wildman–Crippen MR) is 69.8 cm³/mol. The largest absolute Gasteiger partial charge is 0.488 e. The Bertz CT molecular complexity index is 364. The van der Waals surface area contributed by atoms with Crippen LogP contribution in [0.5, 0.6) is 5.75 Å². The molecule has 18 heavy (non-hydrogen) atoms. The highest BCUT2D eigenvalue weighted by Gasteiger charge is 2.19. The number of aliphatic hydroxyl groups is 1. The summed E-state index contributed by atoms with van der Waals surface area (Å²) in [7, 11) is 1.82. The molecule has 2 atom stereocenters. The van der Waals surface area contributed by atoms with E-state index in [9.17, 15) is 5.11 Å². The van der Waals surface area contributed by atoms with Crippen molar-refractivity contribution in [1.82, 2.24) is 5.32 Å². The molecule has 2 rings (SSSR count). The third-order valence-electron chi connectivity index (χ3n) is 3.09. The molecule has 1 fully saturated rings. The molecule has 2 N–H and O–H groups in total. The van der Waals surface area contributed by atoms with Gasteiger partial charge in [0.1, 0.15) is 11.9 Å². The Labute approximate surface area is 108 Å². The van der Waals surface area contributed by atoms with Crippen LogP contribution < -0.4 is 10.1 Å². The van der Waals surface area contributed by atoms with Crippen molar-refractivity contribution in [3.05, 3.63) is 29.8 Å². The van der Waals surface area contributed by atoms with Gasteiger partial charge in [-0.05, 0) is 26.0 Å². The first-order valence-electron chi connectivity index (χ1n) is 6.47. The molecule has 1 saturated heterocycles. The molecule has 1 aliphatic heterocycles. The van der Waals surface area contributed by atoms with Gasteiger partial charge in [-0.1, -0.05) is 18.2 Å². The van der Waals surface area contributed by atoms with Crippen LogP contribution in [0.3, 0.4) is 0 Å². The van der Waals surface area contributed by atoms with Gasteiger partial charge in [0.25, 0.3) is 0 Å². The quantitative estimate of drug-likeness (QED) is 0.832. The van der Waals surface area contributed by atoms with E-state index in [2.05, 4.69) is 5.32 Å². The molecule has 4 heteroatoms. The molecule has 1 heterocycles. The Morgan fingerprint density at radius 3 is 3.06 bits per heavy atom. The van der Waals surface area contributed by atoms with Crippen LogP contribution in [0, 0.1) is 0 Å². The third kappa shape index (κ3) is 3.45. The van der Waals surface area contributed by atoms with E-state index in [0.29, 0.717) is 13.2 Å². The highest BCUT2D eigenvalue weighted by atomic mass is 16.5. The summed E-state index contributed by atoms with van der Waals surface area (Å²) in [6.07, 6.45) is 1.60. The van der Waals surface area contributed by atoms with E-state index in [-0.39, 0.29) is 6.10 Å². The van der Waals surface area contributed by atoms with Crippen LogP contribution in [0.2, 0.25) is 0 Å². The smallest absolute Gasteiger partial charge is 0.125 e. The fourth-order valence-corrected chi connectivity index (χ4v) is 2.15. The summed E-state index contributed by atoms with van der Waals surface area (Å²) in [6, 6.07) is 7.65. The summed E-state index contributed by atoms with van der Waals surface area (Å²) >= 11 is 0. The van der Waals surface area contributed by atoms with Crippen LogP contribution in [-0.4, -0.2) is 38.0 Å². The van der Waals surface area contributed by atoms with Gasteiger partial charge in [0, 0.05) is 18.7 Å². The van der Waals surface area contributed by atoms with E-state index in [1.807, 2.05) is 31.3 Å². The van der Waals surface area contributed by atoms with Crippen molar-refractivity contribution in [3.63, 3.8) is 0 Å².